The van der Waals surface area contributed by atoms with Crippen LogP contribution in [0.5, 0.6) is 0 Å². The number of hydrogen-bond donors (Lipinski definition) is 1. The number of carbonyl (C=O) groups is 1. The van der Waals surface area contributed by atoms with Crippen LogP contribution in [0.15, 0.2) is 18.2 Å². The van der Waals surface area contributed by atoms with Gasteiger partial charge in [0.25, 0.3) is 5.91 Å². The summed E-state index contributed by atoms with van der Waals surface area (Å²) in [5.41, 5.74) is 0.861. The Bertz CT molecular complexity index is 439. The minimum absolute atomic E-state index is 0.177. The van der Waals surface area contributed by atoms with Crippen molar-refractivity contribution < 1.29 is 9.18 Å². The molecule has 1 aliphatic rings. The number of rotatable bonds is 2. The van der Waals surface area contributed by atoms with Crippen molar-refractivity contribution in [2.45, 2.75) is 18.8 Å². The topological polar surface area (TPSA) is 32.3 Å². The number of carbonyl (C=O) groups excluding carboxylic acids is 1. The monoisotopic (exact) mass is 250 g/mol. The van der Waals surface area contributed by atoms with Crippen LogP contribution in [0.3, 0.4) is 0 Å². The molecule has 1 aliphatic heterocycles. The minimum Gasteiger partial charge on any atom is -0.345 e. The molecule has 98 valence electrons. The lowest BCUT2D eigenvalue weighted by Gasteiger charge is -2.24. The Hall–Kier alpha value is -1.42. The van der Waals surface area contributed by atoms with E-state index < -0.39 is 0 Å². The van der Waals surface area contributed by atoms with Gasteiger partial charge >= 0.3 is 0 Å². The quantitative estimate of drug-likeness (QED) is 0.870. The summed E-state index contributed by atoms with van der Waals surface area (Å²) in [7, 11) is 3.28. The van der Waals surface area contributed by atoms with Gasteiger partial charge in [-0.1, -0.05) is 12.1 Å². The van der Waals surface area contributed by atoms with E-state index in [1.165, 1.54) is 4.90 Å². The molecular weight excluding hydrogens is 231 g/mol. The van der Waals surface area contributed by atoms with Crippen LogP contribution < -0.4 is 5.32 Å². The van der Waals surface area contributed by atoms with Gasteiger partial charge in [0.2, 0.25) is 0 Å². The summed E-state index contributed by atoms with van der Waals surface area (Å²) in [4.78, 5) is 13.3. The van der Waals surface area contributed by atoms with Gasteiger partial charge in [0, 0.05) is 14.1 Å². The lowest BCUT2D eigenvalue weighted by atomic mass is 9.88. The Morgan fingerprint density at radius 3 is 2.61 bits per heavy atom. The van der Waals surface area contributed by atoms with Crippen LogP contribution in [0.4, 0.5) is 4.39 Å². The van der Waals surface area contributed by atoms with E-state index in [0.717, 1.165) is 25.9 Å². The molecule has 2 rings (SSSR count). The van der Waals surface area contributed by atoms with Crippen molar-refractivity contribution in [2.24, 2.45) is 0 Å². The van der Waals surface area contributed by atoms with Gasteiger partial charge in [-0.3, -0.25) is 4.79 Å². The van der Waals surface area contributed by atoms with Gasteiger partial charge in [-0.05, 0) is 43.5 Å². The van der Waals surface area contributed by atoms with Crippen LogP contribution in [-0.4, -0.2) is 38.0 Å². The van der Waals surface area contributed by atoms with E-state index in [1.54, 1.807) is 32.3 Å². The molecular formula is C14H19FN2O. The second-order valence-corrected chi connectivity index (χ2v) is 4.93. The van der Waals surface area contributed by atoms with Crippen LogP contribution in [0.1, 0.15) is 34.7 Å². The summed E-state index contributed by atoms with van der Waals surface area (Å²) in [6, 6.07) is 5.14. The molecule has 0 saturated carbocycles. The highest BCUT2D eigenvalue weighted by molar-refractivity contribution is 5.94. The third kappa shape index (κ3) is 2.53. The van der Waals surface area contributed by atoms with Crippen LogP contribution >= 0.6 is 0 Å². The number of halogens is 1. The van der Waals surface area contributed by atoms with E-state index in [0.29, 0.717) is 5.56 Å². The Morgan fingerprint density at radius 1 is 1.33 bits per heavy atom. The molecule has 1 fully saturated rings. The van der Waals surface area contributed by atoms with E-state index in [1.807, 2.05) is 0 Å². The number of hydrogen-bond acceptors (Lipinski definition) is 2. The van der Waals surface area contributed by atoms with Gasteiger partial charge < -0.3 is 10.2 Å². The Kier molecular flexibility index (Phi) is 3.97. The lowest BCUT2D eigenvalue weighted by molar-refractivity contribution is 0.0822. The molecule has 1 N–H and O–H groups in total. The third-order valence-corrected chi connectivity index (χ3v) is 3.44. The molecule has 18 heavy (non-hydrogen) atoms. The lowest BCUT2D eigenvalue weighted by Crippen LogP contribution is -2.28. The highest BCUT2D eigenvalue weighted by atomic mass is 19.1. The number of benzene rings is 1. The summed E-state index contributed by atoms with van der Waals surface area (Å²) >= 11 is 0. The zero-order chi connectivity index (χ0) is 13.1. The predicted octanol–water partition coefficient (Wildman–Crippen LogP) is 1.99. The number of amides is 1. The maximum absolute atomic E-state index is 14.4. The van der Waals surface area contributed by atoms with Crippen molar-refractivity contribution in [3.63, 3.8) is 0 Å². The minimum atomic E-state index is -0.344. The number of nitrogens with zero attached hydrogens (tertiary/aromatic N) is 1. The second-order valence-electron chi connectivity index (χ2n) is 4.93. The van der Waals surface area contributed by atoms with Crippen molar-refractivity contribution in [1.82, 2.24) is 10.2 Å². The highest BCUT2D eigenvalue weighted by Crippen LogP contribution is 2.29. The van der Waals surface area contributed by atoms with Gasteiger partial charge in [0.05, 0.1) is 5.56 Å². The fraction of sp³-hybridized carbons (Fsp3) is 0.500. The molecule has 0 bridgehead atoms. The Balaban J connectivity index is 2.32. The molecule has 0 aliphatic carbocycles. The molecule has 1 saturated heterocycles. The van der Waals surface area contributed by atoms with E-state index in [2.05, 4.69) is 5.32 Å². The molecule has 1 amide bonds. The maximum Gasteiger partial charge on any atom is 0.256 e. The molecule has 1 aromatic carbocycles. The van der Waals surface area contributed by atoms with Gasteiger partial charge in [-0.25, -0.2) is 4.39 Å². The van der Waals surface area contributed by atoms with Crippen LogP contribution in [-0.2, 0) is 0 Å². The number of nitrogens with one attached hydrogen (secondary N) is 1. The molecule has 0 spiro atoms. The molecule has 0 radical (unpaired) electrons. The van der Waals surface area contributed by atoms with Gasteiger partial charge in [-0.15, -0.1) is 0 Å². The molecule has 0 unspecified atom stereocenters. The fourth-order valence-corrected chi connectivity index (χ4v) is 2.40. The number of piperidine rings is 1. The largest absolute Gasteiger partial charge is 0.345 e. The van der Waals surface area contributed by atoms with Gasteiger partial charge in [0.15, 0.2) is 0 Å². The molecule has 0 aromatic heterocycles. The predicted molar refractivity (Wildman–Crippen MR) is 69.3 cm³/mol. The van der Waals surface area contributed by atoms with E-state index in [9.17, 15) is 9.18 Å². The Morgan fingerprint density at radius 2 is 2.00 bits per heavy atom. The maximum atomic E-state index is 14.4. The zero-order valence-corrected chi connectivity index (χ0v) is 10.9. The molecule has 1 heterocycles. The second kappa shape index (κ2) is 5.48. The third-order valence-electron chi connectivity index (χ3n) is 3.44. The summed E-state index contributed by atoms with van der Waals surface area (Å²) < 4.78 is 14.4. The van der Waals surface area contributed by atoms with Crippen molar-refractivity contribution in [3.05, 3.63) is 35.1 Å². The SMILES string of the molecule is CN(C)C(=O)c1cccc(C2CCNCC2)c1F. The smallest absolute Gasteiger partial charge is 0.256 e. The standard InChI is InChI=1S/C14H19FN2O/c1-17(2)14(18)12-5-3-4-11(13(12)15)10-6-8-16-9-7-10/h3-5,10,16H,6-9H2,1-2H3. The first kappa shape index (κ1) is 13.0. The average molecular weight is 250 g/mol. The van der Waals surface area contributed by atoms with Gasteiger partial charge in [0.1, 0.15) is 5.82 Å². The van der Waals surface area contributed by atoms with Crippen molar-refractivity contribution in [1.29, 1.82) is 0 Å². The first-order valence-corrected chi connectivity index (χ1v) is 6.32. The molecule has 1 aromatic rings. The van der Waals surface area contributed by atoms with Crippen molar-refractivity contribution in [3.8, 4) is 0 Å². The van der Waals surface area contributed by atoms with Crippen molar-refractivity contribution in [2.75, 3.05) is 27.2 Å². The van der Waals surface area contributed by atoms with Crippen LogP contribution in [0, 0.1) is 5.82 Å². The molecule has 0 atom stereocenters. The molecule has 4 heteroatoms. The van der Waals surface area contributed by atoms with E-state index >= 15 is 0 Å². The summed E-state index contributed by atoms with van der Waals surface area (Å²) in [6.45, 7) is 1.83. The van der Waals surface area contributed by atoms with E-state index in [4.69, 9.17) is 0 Å². The van der Waals surface area contributed by atoms with Crippen LogP contribution in [0.2, 0.25) is 0 Å². The fourth-order valence-electron chi connectivity index (χ4n) is 2.40. The summed E-state index contributed by atoms with van der Waals surface area (Å²) in [5, 5.41) is 3.26. The molecule has 3 nitrogen and oxygen atoms in total. The summed E-state index contributed by atoms with van der Waals surface area (Å²) in [6.07, 6.45) is 1.85. The highest BCUT2D eigenvalue weighted by Gasteiger charge is 2.22. The van der Waals surface area contributed by atoms with Gasteiger partial charge in [-0.2, -0.15) is 0 Å². The Labute approximate surface area is 107 Å². The average Bonchev–Trinajstić information content (AvgIpc) is 2.39. The van der Waals surface area contributed by atoms with Crippen LogP contribution in [0.25, 0.3) is 0 Å². The zero-order valence-electron chi connectivity index (χ0n) is 10.9. The van der Waals surface area contributed by atoms with E-state index in [-0.39, 0.29) is 23.2 Å². The first-order chi connectivity index (χ1) is 8.61. The summed E-state index contributed by atoms with van der Waals surface area (Å²) in [5.74, 6) is -0.396. The first-order valence-electron chi connectivity index (χ1n) is 6.32. The van der Waals surface area contributed by atoms with Crippen molar-refractivity contribution >= 4 is 5.91 Å². The normalized spacial score (nSPS) is 16.6.